The van der Waals surface area contributed by atoms with Crippen molar-refractivity contribution in [3.63, 3.8) is 0 Å². The molecule has 1 heterocycles. The zero-order valence-corrected chi connectivity index (χ0v) is 13.7. The quantitative estimate of drug-likeness (QED) is 0.911. The highest BCUT2D eigenvalue weighted by atomic mass is 32.2. The third kappa shape index (κ3) is 3.28. The molecule has 0 unspecified atom stereocenters. The van der Waals surface area contributed by atoms with Crippen molar-refractivity contribution in [3.05, 3.63) is 23.8 Å². The number of hydrogen-bond donors (Lipinski definition) is 1. The van der Waals surface area contributed by atoms with Crippen LogP contribution in [-0.4, -0.2) is 36.7 Å². The molecular formula is C16H20N2O4S. The smallest absolute Gasteiger partial charge is 0.216 e. The van der Waals surface area contributed by atoms with E-state index < -0.39 is 15.4 Å². The summed E-state index contributed by atoms with van der Waals surface area (Å²) in [5.41, 5.74) is -0.0228. The Morgan fingerprint density at radius 2 is 2.09 bits per heavy atom. The van der Waals surface area contributed by atoms with E-state index >= 15 is 0 Å². The summed E-state index contributed by atoms with van der Waals surface area (Å²) < 4.78 is 32.6. The fourth-order valence-electron chi connectivity index (χ4n) is 3.35. The average molecular weight is 336 g/mol. The summed E-state index contributed by atoms with van der Waals surface area (Å²) in [7, 11) is -3.55. The summed E-state index contributed by atoms with van der Waals surface area (Å²) >= 11 is 0. The molecule has 23 heavy (non-hydrogen) atoms. The molecule has 0 aromatic heterocycles. The van der Waals surface area contributed by atoms with E-state index in [4.69, 9.17) is 4.74 Å². The topological polar surface area (TPSA) is 90.6 Å². The van der Waals surface area contributed by atoms with Crippen LogP contribution in [0.1, 0.15) is 31.2 Å². The van der Waals surface area contributed by atoms with E-state index in [1.165, 1.54) is 16.4 Å². The largest absolute Gasteiger partial charge is 0.508 e. The number of phenolic OH excluding ortho intramolecular Hbond substituents is 1. The Bertz CT molecular complexity index is 733. The normalized spacial score (nSPS) is 21.0. The molecule has 1 fully saturated rings. The molecule has 1 N–H and O–H groups in total. The van der Waals surface area contributed by atoms with Crippen LogP contribution < -0.4 is 4.74 Å². The maximum Gasteiger partial charge on any atom is 0.216 e. The monoisotopic (exact) mass is 336 g/mol. The van der Waals surface area contributed by atoms with Crippen LogP contribution in [0.3, 0.4) is 0 Å². The fourth-order valence-corrected chi connectivity index (χ4v) is 5.28. The van der Waals surface area contributed by atoms with Crippen molar-refractivity contribution in [2.24, 2.45) is 5.41 Å². The number of nitriles is 1. The fraction of sp³-hybridized carbons (Fsp3) is 0.562. The van der Waals surface area contributed by atoms with Crippen molar-refractivity contribution in [3.8, 4) is 17.6 Å². The second-order valence-electron chi connectivity index (χ2n) is 6.33. The van der Waals surface area contributed by atoms with Crippen molar-refractivity contribution in [2.45, 2.75) is 32.2 Å². The van der Waals surface area contributed by atoms with Crippen molar-refractivity contribution < 1.29 is 18.3 Å². The van der Waals surface area contributed by atoms with E-state index in [9.17, 15) is 18.8 Å². The van der Waals surface area contributed by atoms with Crippen LogP contribution in [0.2, 0.25) is 0 Å². The standard InChI is InChI=1S/C16H20N2O4S/c17-11-16(5-1-2-6-16)12-23(20,21)18-7-8-22-15-9-14(19)4-3-13(15)10-18/h3-4,9,19H,1-2,5-8,10,12H2. The molecule has 1 aliphatic heterocycles. The number of nitrogens with zero attached hydrogens (tertiary/aromatic N) is 2. The van der Waals surface area contributed by atoms with Crippen LogP contribution in [0.4, 0.5) is 0 Å². The van der Waals surface area contributed by atoms with Crippen molar-refractivity contribution >= 4 is 10.0 Å². The first-order valence-electron chi connectivity index (χ1n) is 7.78. The summed E-state index contributed by atoms with van der Waals surface area (Å²) in [5.74, 6) is 0.484. The Kier molecular flexibility index (Phi) is 4.21. The van der Waals surface area contributed by atoms with Crippen molar-refractivity contribution in [2.75, 3.05) is 18.9 Å². The Labute approximate surface area is 136 Å². The van der Waals surface area contributed by atoms with Gasteiger partial charge >= 0.3 is 0 Å². The molecule has 0 spiro atoms. The van der Waals surface area contributed by atoms with E-state index in [0.717, 1.165) is 18.4 Å². The number of sulfonamides is 1. The number of fused-ring (bicyclic) bond motifs is 1. The molecule has 0 amide bonds. The summed E-state index contributed by atoms with van der Waals surface area (Å²) in [4.78, 5) is 0. The molecule has 3 rings (SSSR count). The SMILES string of the molecule is N#CC1(CS(=O)(=O)N2CCOc3cc(O)ccc3C2)CCCC1. The number of phenols is 1. The first-order valence-corrected chi connectivity index (χ1v) is 9.39. The third-order valence-corrected chi connectivity index (χ3v) is 6.66. The lowest BCUT2D eigenvalue weighted by atomic mass is 9.91. The summed E-state index contributed by atoms with van der Waals surface area (Å²) in [6.07, 6.45) is 3.12. The molecule has 7 heteroatoms. The first kappa shape index (κ1) is 16.1. The highest BCUT2D eigenvalue weighted by molar-refractivity contribution is 7.89. The molecule has 2 aliphatic rings. The number of hydrogen-bond acceptors (Lipinski definition) is 5. The predicted molar refractivity (Wildman–Crippen MR) is 84.3 cm³/mol. The van der Waals surface area contributed by atoms with Gasteiger partial charge in [0.25, 0.3) is 0 Å². The minimum Gasteiger partial charge on any atom is -0.508 e. The maximum absolute atomic E-state index is 12.8. The van der Waals surface area contributed by atoms with Gasteiger partial charge in [0.15, 0.2) is 0 Å². The zero-order valence-electron chi connectivity index (χ0n) is 12.9. The third-order valence-electron chi connectivity index (χ3n) is 4.65. The summed E-state index contributed by atoms with van der Waals surface area (Å²) in [5, 5.41) is 19.0. The van der Waals surface area contributed by atoms with Crippen molar-refractivity contribution in [1.82, 2.24) is 4.31 Å². The van der Waals surface area contributed by atoms with Crippen LogP contribution >= 0.6 is 0 Å². The lowest BCUT2D eigenvalue weighted by molar-refractivity contribution is 0.290. The first-order chi connectivity index (χ1) is 10.9. The van der Waals surface area contributed by atoms with Crippen LogP contribution in [0, 0.1) is 16.7 Å². The van der Waals surface area contributed by atoms with Gasteiger partial charge in [-0.05, 0) is 18.9 Å². The number of rotatable bonds is 3. The minimum absolute atomic E-state index is 0.0921. The van der Waals surface area contributed by atoms with Gasteiger partial charge in [-0.1, -0.05) is 18.9 Å². The van der Waals surface area contributed by atoms with Crippen molar-refractivity contribution in [1.29, 1.82) is 5.26 Å². The van der Waals surface area contributed by atoms with Gasteiger partial charge in [0.05, 0.1) is 17.2 Å². The van der Waals surface area contributed by atoms with Crippen LogP contribution in [-0.2, 0) is 16.6 Å². The number of aromatic hydroxyl groups is 1. The Balaban J connectivity index is 1.83. The van der Waals surface area contributed by atoms with E-state index in [-0.39, 0.29) is 31.2 Å². The second-order valence-corrected chi connectivity index (χ2v) is 8.30. The van der Waals surface area contributed by atoms with Gasteiger partial charge in [-0.15, -0.1) is 0 Å². The van der Waals surface area contributed by atoms with E-state index in [1.54, 1.807) is 6.07 Å². The second kappa shape index (κ2) is 6.02. The highest BCUT2D eigenvalue weighted by Gasteiger charge is 2.41. The minimum atomic E-state index is -3.55. The molecule has 124 valence electrons. The lowest BCUT2D eigenvalue weighted by Crippen LogP contribution is -2.39. The van der Waals surface area contributed by atoms with Gasteiger partial charge in [-0.25, -0.2) is 8.42 Å². The molecule has 0 radical (unpaired) electrons. The lowest BCUT2D eigenvalue weighted by Gasteiger charge is -2.25. The van der Waals surface area contributed by atoms with Gasteiger partial charge in [-0.3, -0.25) is 0 Å². The molecular weight excluding hydrogens is 316 g/mol. The molecule has 0 atom stereocenters. The Hall–Kier alpha value is -1.78. The molecule has 1 aliphatic carbocycles. The Morgan fingerprint density at radius 1 is 1.35 bits per heavy atom. The summed E-state index contributed by atoms with van der Waals surface area (Å²) in [6.45, 7) is 0.688. The molecule has 0 saturated heterocycles. The molecule has 1 aromatic rings. The van der Waals surface area contributed by atoms with Crippen LogP contribution in [0.15, 0.2) is 18.2 Å². The zero-order chi connectivity index (χ0) is 16.5. The van der Waals surface area contributed by atoms with Crippen LogP contribution in [0.25, 0.3) is 0 Å². The number of ether oxygens (including phenoxy) is 1. The highest BCUT2D eigenvalue weighted by Crippen LogP contribution is 2.39. The number of benzene rings is 1. The van der Waals surface area contributed by atoms with E-state index in [2.05, 4.69) is 6.07 Å². The molecule has 6 nitrogen and oxygen atoms in total. The maximum atomic E-state index is 12.8. The Morgan fingerprint density at radius 3 is 2.78 bits per heavy atom. The van der Waals surface area contributed by atoms with Gasteiger partial charge in [0.1, 0.15) is 18.1 Å². The molecule has 1 aromatic carbocycles. The van der Waals surface area contributed by atoms with Gasteiger partial charge in [0, 0.05) is 24.7 Å². The molecule has 0 bridgehead atoms. The van der Waals surface area contributed by atoms with E-state index in [0.29, 0.717) is 18.6 Å². The van der Waals surface area contributed by atoms with Crippen LogP contribution in [0.5, 0.6) is 11.5 Å². The van der Waals surface area contributed by atoms with Gasteiger partial charge in [-0.2, -0.15) is 9.57 Å². The van der Waals surface area contributed by atoms with E-state index in [1.807, 2.05) is 0 Å². The van der Waals surface area contributed by atoms with Gasteiger partial charge < -0.3 is 9.84 Å². The predicted octanol–water partition coefficient (Wildman–Crippen LogP) is 2.00. The molecule has 1 saturated carbocycles. The average Bonchev–Trinajstić information content (AvgIpc) is 2.85. The van der Waals surface area contributed by atoms with Gasteiger partial charge in [0.2, 0.25) is 10.0 Å². The summed E-state index contributed by atoms with van der Waals surface area (Å²) in [6, 6.07) is 6.94.